The fraction of sp³-hybridized carbons (Fsp3) is 0.438. The van der Waals surface area contributed by atoms with Crippen molar-refractivity contribution in [1.82, 2.24) is 10.1 Å². The number of anilines is 1. The molecular weight excluding hydrogens is 378 g/mol. The minimum atomic E-state index is -3.77. The first kappa shape index (κ1) is 18.9. The first-order valence-corrected chi connectivity index (χ1v) is 11.4. The van der Waals surface area contributed by atoms with Crippen molar-refractivity contribution in [3.63, 3.8) is 0 Å². The second-order valence-electron chi connectivity index (χ2n) is 6.38. The minimum absolute atomic E-state index is 0.0519. The van der Waals surface area contributed by atoms with E-state index in [9.17, 15) is 16.8 Å². The molecule has 0 saturated carbocycles. The molecule has 1 aromatic heterocycles. The SMILES string of the molecule is Cc1noc(C)c1S(=O)(=O)Nc1ccc(CN2CCS(=O)(=O)CC2)cc1. The average molecular weight is 399 g/mol. The number of sulfonamides is 1. The molecule has 1 aliphatic rings. The van der Waals surface area contributed by atoms with Crippen molar-refractivity contribution < 1.29 is 21.4 Å². The molecule has 1 aromatic carbocycles. The second-order valence-corrected chi connectivity index (χ2v) is 10.3. The van der Waals surface area contributed by atoms with Crippen molar-refractivity contribution in [3.8, 4) is 0 Å². The molecule has 1 fully saturated rings. The summed E-state index contributed by atoms with van der Waals surface area (Å²) in [4.78, 5) is 2.13. The number of rotatable bonds is 5. The third-order valence-electron chi connectivity index (χ3n) is 4.29. The number of aromatic nitrogens is 1. The monoisotopic (exact) mass is 399 g/mol. The Morgan fingerprint density at radius 2 is 1.77 bits per heavy atom. The Balaban J connectivity index is 1.67. The van der Waals surface area contributed by atoms with Crippen LogP contribution in [0.1, 0.15) is 17.0 Å². The first-order chi connectivity index (χ1) is 12.2. The highest BCUT2D eigenvalue weighted by molar-refractivity contribution is 7.92. The molecule has 1 aliphatic heterocycles. The quantitative estimate of drug-likeness (QED) is 0.807. The largest absolute Gasteiger partial charge is 0.360 e. The van der Waals surface area contributed by atoms with Crippen molar-refractivity contribution in [2.45, 2.75) is 25.3 Å². The minimum Gasteiger partial charge on any atom is -0.360 e. The Labute approximate surface area is 153 Å². The standard InChI is InChI=1S/C16H21N3O5S2/c1-12-16(13(2)24-17-12)26(22,23)18-15-5-3-14(4-6-15)11-19-7-9-25(20,21)10-8-19/h3-6,18H,7-11H2,1-2H3. The van der Waals surface area contributed by atoms with Gasteiger partial charge in [-0.2, -0.15) is 0 Å². The van der Waals surface area contributed by atoms with Gasteiger partial charge in [-0.3, -0.25) is 9.62 Å². The van der Waals surface area contributed by atoms with Gasteiger partial charge in [0.15, 0.2) is 20.5 Å². The molecular formula is C16H21N3O5S2. The summed E-state index contributed by atoms with van der Waals surface area (Å²) in [6, 6.07) is 7.03. The Kier molecular flexibility index (Phi) is 5.09. The third-order valence-corrected chi connectivity index (χ3v) is 7.52. The van der Waals surface area contributed by atoms with E-state index in [4.69, 9.17) is 4.52 Å². The maximum atomic E-state index is 12.5. The van der Waals surface area contributed by atoms with E-state index in [2.05, 4.69) is 14.8 Å². The van der Waals surface area contributed by atoms with Crippen molar-refractivity contribution >= 4 is 25.5 Å². The molecule has 0 spiro atoms. The van der Waals surface area contributed by atoms with E-state index in [1.807, 2.05) is 12.1 Å². The van der Waals surface area contributed by atoms with Gasteiger partial charge in [-0.15, -0.1) is 0 Å². The molecule has 0 bridgehead atoms. The number of hydrogen-bond donors (Lipinski definition) is 1. The molecule has 1 N–H and O–H groups in total. The number of nitrogens with one attached hydrogen (secondary N) is 1. The Hall–Kier alpha value is -1.91. The first-order valence-electron chi connectivity index (χ1n) is 8.14. The van der Waals surface area contributed by atoms with E-state index in [-0.39, 0.29) is 22.2 Å². The topological polar surface area (TPSA) is 110 Å². The average Bonchev–Trinajstić information content (AvgIpc) is 2.90. The summed E-state index contributed by atoms with van der Waals surface area (Å²) in [5.74, 6) is 0.608. The van der Waals surface area contributed by atoms with Crippen molar-refractivity contribution in [1.29, 1.82) is 0 Å². The fourth-order valence-corrected chi connectivity index (χ4v) is 5.58. The van der Waals surface area contributed by atoms with Crippen molar-refractivity contribution in [2.75, 3.05) is 29.3 Å². The molecule has 2 heterocycles. The van der Waals surface area contributed by atoms with Crippen LogP contribution in [0.3, 0.4) is 0 Å². The molecule has 3 rings (SSSR count). The van der Waals surface area contributed by atoms with Gasteiger partial charge in [0.2, 0.25) is 0 Å². The number of benzene rings is 1. The molecule has 1 saturated heterocycles. The van der Waals surface area contributed by atoms with E-state index < -0.39 is 19.9 Å². The van der Waals surface area contributed by atoms with Gasteiger partial charge in [-0.25, -0.2) is 16.8 Å². The summed E-state index contributed by atoms with van der Waals surface area (Å²) < 4.78 is 55.4. The molecule has 10 heteroatoms. The second kappa shape index (κ2) is 7.01. The van der Waals surface area contributed by atoms with Crippen LogP contribution in [0, 0.1) is 13.8 Å². The van der Waals surface area contributed by atoms with E-state index in [0.717, 1.165) is 5.56 Å². The molecule has 0 amide bonds. The molecule has 0 aliphatic carbocycles. The summed E-state index contributed by atoms with van der Waals surface area (Å²) >= 11 is 0. The van der Waals surface area contributed by atoms with Crippen LogP contribution in [0.2, 0.25) is 0 Å². The maximum Gasteiger partial charge on any atom is 0.267 e. The zero-order valence-electron chi connectivity index (χ0n) is 14.6. The summed E-state index contributed by atoms with van der Waals surface area (Å²) in [6.07, 6.45) is 0. The highest BCUT2D eigenvalue weighted by atomic mass is 32.2. The summed E-state index contributed by atoms with van der Waals surface area (Å²) in [5.41, 5.74) is 1.74. The normalized spacial score (nSPS) is 17.9. The molecule has 26 heavy (non-hydrogen) atoms. The van der Waals surface area contributed by atoms with Crippen molar-refractivity contribution in [2.24, 2.45) is 0 Å². The van der Waals surface area contributed by atoms with Gasteiger partial charge in [-0.1, -0.05) is 17.3 Å². The fourth-order valence-electron chi connectivity index (χ4n) is 2.91. The van der Waals surface area contributed by atoms with Gasteiger partial charge in [0, 0.05) is 25.3 Å². The Bertz CT molecular complexity index is 962. The summed E-state index contributed by atoms with van der Waals surface area (Å²) in [7, 11) is -6.66. The molecule has 0 radical (unpaired) electrons. The van der Waals surface area contributed by atoms with Gasteiger partial charge in [0.1, 0.15) is 5.69 Å². The van der Waals surface area contributed by atoms with E-state index in [1.165, 1.54) is 0 Å². The lowest BCUT2D eigenvalue weighted by atomic mass is 10.2. The van der Waals surface area contributed by atoms with Crippen LogP contribution in [0.5, 0.6) is 0 Å². The van der Waals surface area contributed by atoms with Crippen molar-refractivity contribution in [3.05, 3.63) is 41.3 Å². The Morgan fingerprint density at radius 3 is 2.31 bits per heavy atom. The van der Waals surface area contributed by atoms with Crippen LogP contribution < -0.4 is 4.72 Å². The van der Waals surface area contributed by atoms with Gasteiger partial charge < -0.3 is 4.52 Å². The van der Waals surface area contributed by atoms with Crippen LogP contribution in [0.4, 0.5) is 5.69 Å². The Morgan fingerprint density at radius 1 is 1.15 bits per heavy atom. The third kappa shape index (κ3) is 4.25. The molecule has 0 unspecified atom stereocenters. The molecule has 2 aromatic rings. The van der Waals surface area contributed by atoms with E-state index >= 15 is 0 Å². The van der Waals surface area contributed by atoms with Crippen LogP contribution in [0.15, 0.2) is 33.7 Å². The summed E-state index contributed by atoms with van der Waals surface area (Å²) in [5, 5.41) is 3.67. The van der Waals surface area contributed by atoms with Crippen LogP contribution >= 0.6 is 0 Å². The zero-order valence-corrected chi connectivity index (χ0v) is 16.2. The lowest BCUT2D eigenvalue weighted by molar-refractivity contribution is 0.287. The molecule has 0 atom stereocenters. The van der Waals surface area contributed by atoms with Crippen LogP contribution in [-0.2, 0) is 26.4 Å². The van der Waals surface area contributed by atoms with Gasteiger partial charge in [-0.05, 0) is 31.5 Å². The number of sulfone groups is 1. The zero-order chi connectivity index (χ0) is 18.9. The molecule has 142 valence electrons. The van der Waals surface area contributed by atoms with E-state index in [0.29, 0.717) is 31.0 Å². The number of hydrogen-bond acceptors (Lipinski definition) is 7. The maximum absolute atomic E-state index is 12.5. The molecule has 8 nitrogen and oxygen atoms in total. The lowest BCUT2D eigenvalue weighted by Gasteiger charge is -2.26. The van der Waals surface area contributed by atoms with Crippen LogP contribution in [-0.4, -0.2) is 51.5 Å². The highest BCUT2D eigenvalue weighted by Crippen LogP contribution is 2.22. The smallest absolute Gasteiger partial charge is 0.267 e. The number of aryl methyl sites for hydroxylation is 2. The predicted octanol–water partition coefficient (Wildman–Crippen LogP) is 1.32. The van der Waals surface area contributed by atoms with Gasteiger partial charge in [0.25, 0.3) is 10.0 Å². The van der Waals surface area contributed by atoms with Gasteiger partial charge >= 0.3 is 0 Å². The summed E-state index contributed by atoms with van der Waals surface area (Å²) in [6.45, 7) is 4.79. The van der Waals surface area contributed by atoms with E-state index in [1.54, 1.807) is 26.0 Å². The van der Waals surface area contributed by atoms with Gasteiger partial charge in [0.05, 0.1) is 11.5 Å². The number of nitrogens with zero attached hydrogens (tertiary/aromatic N) is 2. The van der Waals surface area contributed by atoms with Crippen LogP contribution in [0.25, 0.3) is 0 Å². The highest BCUT2D eigenvalue weighted by Gasteiger charge is 2.24. The predicted molar refractivity (Wildman–Crippen MR) is 97.2 cm³/mol. The lowest BCUT2D eigenvalue weighted by Crippen LogP contribution is -2.39.